The molecule has 0 bridgehead atoms. The number of hydrogen-bond donors (Lipinski definition) is 0. The van der Waals surface area contributed by atoms with E-state index in [0.717, 1.165) is 11.1 Å². The summed E-state index contributed by atoms with van der Waals surface area (Å²) in [5, 5.41) is 0.608. The summed E-state index contributed by atoms with van der Waals surface area (Å²) in [5.41, 5.74) is 1.28. The van der Waals surface area contributed by atoms with Gasteiger partial charge in [0, 0.05) is 22.4 Å². The molecule has 0 saturated carbocycles. The highest BCUT2D eigenvalue weighted by atomic mass is 35.5. The molecule has 3 heteroatoms. The molecule has 0 aliphatic carbocycles. The summed E-state index contributed by atoms with van der Waals surface area (Å²) in [6.07, 6.45) is 0.297. The van der Waals surface area contributed by atoms with Gasteiger partial charge < -0.3 is 4.74 Å². The quantitative estimate of drug-likeness (QED) is 0.816. The third kappa shape index (κ3) is 3.45. The lowest BCUT2D eigenvalue weighted by Crippen LogP contribution is -2.30. The summed E-state index contributed by atoms with van der Waals surface area (Å²) in [4.78, 5) is 12.7. The summed E-state index contributed by atoms with van der Waals surface area (Å²) < 4.78 is 5.31. The lowest BCUT2D eigenvalue weighted by atomic mass is 9.78. The van der Waals surface area contributed by atoms with E-state index in [2.05, 4.69) is 0 Å². The lowest BCUT2D eigenvalue weighted by Gasteiger charge is -2.24. The second kappa shape index (κ2) is 6.31. The molecule has 0 aliphatic rings. The minimum Gasteiger partial charge on any atom is -0.496 e. The van der Waals surface area contributed by atoms with Gasteiger partial charge in [-0.2, -0.15) is 0 Å². The van der Waals surface area contributed by atoms with E-state index in [9.17, 15) is 4.79 Å². The van der Waals surface area contributed by atoms with Crippen LogP contribution in [0.15, 0.2) is 48.5 Å². The molecule has 2 rings (SSSR count). The Hall–Kier alpha value is -1.80. The SMILES string of the molecule is COc1ccc(Cl)cc1CC(=O)C(C)(C)c1ccccc1. The Labute approximate surface area is 130 Å². The van der Waals surface area contributed by atoms with Crippen LogP contribution >= 0.6 is 11.6 Å². The molecule has 0 N–H and O–H groups in total. The van der Waals surface area contributed by atoms with Crippen LogP contribution in [-0.2, 0) is 16.6 Å². The maximum absolute atomic E-state index is 12.7. The maximum Gasteiger partial charge on any atom is 0.147 e. The molecule has 110 valence electrons. The molecule has 0 saturated heterocycles. The van der Waals surface area contributed by atoms with E-state index in [0.29, 0.717) is 17.2 Å². The fourth-order valence-corrected chi connectivity index (χ4v) is 2.49. The standard InChI is InChI=1S/C18H19ClO2/c1-18(2,14-7-5-4-6-8-14)17(20)12-13-11-15(19)9-10-16(13)21-3/h4-11H,12H2,1-3H3. The van der Waals surface area contributed by atoms with Gasteiger partial charge in [-0.05, 0) is 37.6 Å². The van der Waals surface area contributed by atoms with Gasteiger partial charge in [-0.15, -0.1) is 0 Å². The van der Waals surface area contributed by atoms with Crippen molar-refractivity contribution in [1.29, 1.82) is 0 Å². The molecule has 0 unspecified atom stereocenters. The van der Waals surface area contributed by atoms with Crippen molar-refractivity contribution >= 4 is 17.4 Å². The van der Waals surface area contributed by atoms with E-state index in [1.807, 2.05) is 44.2 Å². The van der Waals surface area contributed by atoms with E-state index in [1.165, 1.54) is 0 Å². The molecule has 0 aliphatic heterocycles. The normalized spacial score (nSPS) is 11.2. The van der Waals surface area contributed by atoms with Crippen molar-refractivity contribution in [2.75, 3.05) is 7.11 Å². The Morgan fingerprint density at radius 2 is 1.81 bits per heavy atom. The van der Waals surface area contributed by atoms with Gasteiger partial charge in [-0.3, -0.25) is 4.79 Å². The smallest absolute Gasteiger partial charge is 0.147 e. The van der Waals surface area contributed by atoms with Crippen molar-refractivity contribution in [3.05, 3.63) is 64.7 Å². The monoisotopic (exact) mass is 302 g/mol. The van der Waals surface area contributed by atoms with Gasteiger partial charge in [0.15, 0.2) is 0 Å². The number of methoxy groups -OCH3 is 1. The van der Waals surface area contributed by atoms with Crippen molar-refractivity contribution in [3.8, 4) is 5.75 Å². The fraction of sp³-hybridized carbons (Fsp3) is 0.278. The van der Waals surface area contributed by atoms with Crippen LogP contribution in [0.1, 0.15) is 25.0 Å². The maximum atomic E-state index is 12.7. The van der Waals surface area contributed by atoms with Crippen LogP contribution in [0.5, 0.6) is 5.75 Å². The predicted molar refractivity (Wildman–Crippen MR) is 86.2 cm³/mol. The van der Waals surface area contributed by atoms with E-state index in [-0.39, 0.29) is 5.78 Å². The molecule has 0 fully saturated rings. The van der Waals surface area contributed by atoms with Gasteiger partial charge in [0.05, 0.1) is 7.11 Å². The Kier molecular flexibility index (Phi) is 4.69. The zero-order chi connectivity index (χ0) is 15.5. The Morgan fingerprint density at radius 1 is 1.14 bits per heavy atom. The highest BCUT2D eigenvalue weighted by molar-refractivity contribution is 6.30. The van der Waals surface area contributed by atoms with Crippen LogP contribution in [0.2, 0.25) is 5.02 Å². The molecule has 2 aromatic rings. The summed E-state index contributed by atoms with van der Waals surface area (Å²) in [7, 11) is 1.60. The number of benzene rings is 2. The van der Waals surface area contributed by atoms with Crippen molar-refractivity contribution in [2.45, 2.75) is 25.7 Å². The van der Waals surface area contributed by atoms with Crippen LogP contribution in [0.3, 0.4) is 0 Å². The minimum absolute atomic E-state index is 0.134. The number of ether oxygens (including phenoxy) is 1. The first-order valence-electron chi connectivity index (χ1n) is 6.86. The molecule has 0 aromatic heterocycles. The van der Waals surface area contributed by atoms with Crippen molar-refractivity contribution < 1.29 is 9.53 Å². The number of carbonyl (C=O) groups is 1. The van der Waals surface area contributed by atoms with Crippen molar-refractivity contribution in [1.82, 2.24) is 0 Å². The van der Waals surface area contributed by atoms with E-state index in [4.69, 9.17) is 16.3 Å². The second-order valence-corrected chi connectivity index (χ2v) is 5.98. The van der Waals surface area contributed by atoms with Crippen LogP contribution in [0.4, 0.5) is 0 Å². The predicted octanol–water partition coefficient (Wildman–Crippen LogP) is 4.44. The van der Waals surface area contributed by atoms with Gasteiger partial charge in [0.1, 0.15) is 11.5 Å². The van der Waals surface area contributed by atoms with E-state index in [1.54, 1.807) is 25.3 Å². The third-order valence-corrected chi connectivity index (χ3v) is 4.02. The number of rotatable bonds is 5. The molecule has 2 nitrogen and oxygen atoms in total. The molecule has 0 atom stereocenters. The highest BCUT2D eigenvalue weighted by Crippen LogP contribution is 2.29. The Balaban J connectivity index is 2.27. The molecule has 0 radical (unpaired) electrons. The first kappa shape index (κ1) is 15.6. The molecular weight excluding hydrogens is 284 g/mol. The zero-order valence-electron chi connectivity index (χ0n) is 12.5. The number of halogens is 1. The van der Waals surface area contributed by atoms with Gasteiger partial charge >= 0.3 is 0 Å². The van der Waals surface area contributed by atoms with E-state index >= 15 is 0 Å². The van der Waals surface area contributed by atoms with Crippen molar-refractivity contribution in [2.24, 2.45) is 0 Å². The van der Waals surface area contributed by atoms with Gasteiger partial charge in [0.25, 0.3) is 0 Å². The van der Waals surface area contributed by atoms with Gasteiger partial charge in [0.2, 0.25) is 0 Å². The number of hydrogen-bond acceptors (Lipinski definition) is 2. The first-order chi connectivity index (χ1) is 9.95. The summed E-state index contributed by atoms with van der Waals surface area (Å²) in [5.74, 6) is 0.825. The van der Waals surface area contributed by atoms with Gasteiger partial charge in [-0.25, -0.2) is 0 Å². The topological polar surface area (TPSA) is 26.3 Å². The molecule has 0 amide bonds. The van der Waals surface area contributed by atoms with Crippen molar-refractivity contribution in [3.63, 3.8) is 0 Å². The Morgan fingerprint density at radius 3 is 2.43 bits per heavy atom. The summed E-state index contributed by atoms with van der Waals surface area (Å²) in [6, 6.07) is 15.1. The number of ketones is 1. The van der Waals surface area contributed by atoms with Crippen LogP contribution in [0.25, 0.3) is 0 Å². The highest BCUT2D eigenvalue weighted by Gasteiger charge is 2.29. The molecule has 0 heterocycles. The third-order valence-electron chi connectivity index (χ3n) is 3.79. The van der Waals surface area contributed by atoms with Gasteiger partial charge in [-0.1, -0.05) is 41.9 Å². The molecule has 21 heavy (non-hydrogen) atoms. The van der Waals surface area contributed by atoms with Crippen LogP contribution in [-0.4, -0.2) is 12.9 Å². The van der Waals surface area contributed by atoms with E-state index < -0.39 is 5.41 Å². The van der Waals surface area contributed by atoms with Crippen LogP contribution in [0, 0.1) is 0 Å². The number of carbonyl (C=O) groups excluding carboxylic acids is 1. The first-order valence-corrected chi connectivity index (χ1v) is 7.24. The molecule has 0 spiro atoms. The summed E-state index contributed by atoms with van der Waals surface area (Å²) >= 11 is 6.02. The second-order valence-electron chi connectivity index (χ2n) is 5.55. The molecule has 2 aromatic carbocycles. The lowest BCUT2D eigenvalue weighted by molar-refractivity contribution is -0.122. The largest absolute Gasteiger partial charge is 0.496 e. The average molecular weight is 303 g/mol. The molecular formula is C18H19ClO2. The Bertz CT molecular complexity index is 633. The zero-order valence-corrected chi connectivity index (χ0v) is 13.3. The number of Topliss-reactive ketones (excluding diaryl/α,β-unsaturated/α-hetero) is 1. The van der Waals surface area contributed by atoms with Crippen LogP contribution < -0.4 is 4.74 Å². The fourth-order valence-electron chi connectivity index (χ4n) is 2.30. The minimum atomic E-state index is -0.547. The summed E-state index contributed by atoms with van der Waals surface area (Å²) in [6.45, 7) is 3.89. The average Bonchev–Trinajstić information content (AvgIpc) is 2.48.